The highest BCUT2D eigenvalue weighted by atomic mass is 31.2. The van der Waals surface area contributed by atoms with Gasteiger partial charge in [-0.15, -0.1) is 0 Å². The third-order valence-corrected chi connectivity index (χ3v) is 1.95. The van der Waals surface area contributed by atoms with Gasteiger partial charge in [-0.2, -0.15) is 0 Å². The molecule has 0 radical (unpaired) electrons. The van der Waals surface area contributed by atoms with E-state index >= 15 is 0 Å². The van der Waals surface area contributed by atoms with Crippen LogP contribution in [-0.2, 0) is 13.9 Å². The van der Waals surface area contributed by atoms with Gasteiger partial charge in [0.25, 0.3) is 0 Å². The summed E-state index contributed by atoms with van der Waals surface area (Å²) in [5.74, 6) is -0.435. The summed E-state index contributed by atoms with van der Waals surface area (Å²) in [5.41, 5.74) is 5.09. The van der Waals surface area contributed by atoms with Gasteiger partial charge in [-0.25, -0.2) is 4.57 Å². The van der Waals surface area contributed by atoms with Gasteiger partial charge < -0.3 is 15.5 Å². The lowest BCUT2D eigenvalue weighted by Crippen LogP contribution is -2.10. The lowest BCUT2D eigenvalue weighted by molar-refractivity contribution is -0.114. The molecule has 0 fully saturated rings. The van der Waals surface area contributed by atoms with Gasteiger partial charge in [-0.1, -0.05) is 26.3 Å². The first-order valence-electron chi connectivity index (χ1n) is 4.86. The van der Waals surface area contributed by atoms with Crippen LogP contribution in [0.25, 0.3) is 0 Å². The van der Waals surface area contributed by atoms with Crippen molar-refractivity contribution in [1.29, 1.82) is 0 Å². The topological polar surface area (TPSA) is 110 Å². The van der Waals surface area contributed by atoms with E-state index in [0.29, 0.717) is 12.0 Å². The number of carbonyl (C=O) groups is 1. The summed E-state index contributed by atoms with van der Waals surface area (Å²) in [6.45, 7) is 7.01. The summed E-state index contributed by atoms with van der Waals surface area (Å²) in [7, 11) is -4.21. The van der Waals surface area contributed by atoms with E-state index < -0.39 is 13.7 Å². The standard InChI is InChI=1S/C5H13O4P.C4H7NO/c1-2-3-4-5-9-10(6,7)8;1-3(2)4(5)6/h2-5H2,1H3,(H2,6,7,8);1H2,2H3,(H2,5,6). The van der Waals surface area contributed by atoms with Crippen LogP contribution in [0.4, 0.5) is 0 Å². The number of phosphoric ester groups is 1. The first-order chi connectivity index (χ1) is 7.20. The quantitative estimate of drug-likeness (QED) is 0.376. The number of unbranched alkanes of at least 4 members (excludes halogenated alkanes) is 2. The van der Waals surface area contributed by atoms with E-state index in [1.165, 1.54) is 0 Å². The SMILES string of the molecule is C=C(C)C(N)=O.CCCCCOP(=O)(O)O. The molecule has 4 N–H and O–H groups in total. The smallest absolute Gasteiger partial charge is 0.366 e. The molecule has 0 bridgehead atoms. The Morgan fingerprint density at radius 2 is 1.88 bits per heavy atom. The van der Waals surface area contributed by atoms with Gasteiger partial charge in [0.2, 0.25) is 5.91 Å². The molecule has 1 amide bonds. The van der Waals surface area contributed by atoms with Crippen molar-refractivity contribution in [3.05, 3.63) is 12.2 Å². The molecule has 0 atom stereocenters. The summed E-state index contributed by atoms with van der Waals surface area (Å²) in [6, 6.07) is 0. The largest absolute Gasteiger partial charge is 0.469 e. The van der Waals surface area contributed by atoms with Crippen LogP contribution in [0.1, 0.15) is 33.1 Å². The molecule has 96 valence electrons. The number of hydrogen-bond donors (Lipinski definition) is 3. The van der Waals surface area contributed by atoms with Gasteiger partial charge in [-0.05, 0) is 13.3 Å². The Morgan fingerprint density at radius 3 is 2.12 bits per heavy atom. The molecule has 0 aromatic carbocycles. The Labute approximate surface area is 95.7 Å². The summed E-state index contributed by atoms with van der Waals surface area (Å²) in [6.07, 6.45) is 2.67. The van der Waals surface area contributed by atoms with E-state index in [2.05, 4.69) is 11.1 Å². The van der Waals surface area contributed by atoms with Gasteiger partial charge in [0.15, 0.2) is 0 Å². The fourth-order valence-electron chi connectivity index (χ4n) is 0.536. The van der Waals surface area contributed by atoms with Gasteiger partial charge in [-0.3, -0.25) is 9.32 Å². The second kappa shape index (κ2) is 9.54. The third-order valence-electron chi connectivity index (χ3n) is 1.43. The van der Waals surface area contributed by atoms with Gasteiger partial charge >= 0.3 is 7.82 Å². The predicted octanol–water partition coefficient (Wildman–Crippen LogP) is 1.33. The zero-order chi connectivity index (χ0) is 13.2. The van der Waals surface area contributed by atoms with Crippen molar-refractivity contribution >= 4 is 13.7 Å². The molecule has 0 aliphatic rings. The summed E-state index contributed by atoms with van der Waals surface area (Å²) >= 11 is 0. The second-order valence-corrected chi connectivity index (χ2v) is 4.41. The van der Waals surface area contributed by atoms with Crippen molar-refractivity contribution in [2.45, 2.75) is 33.1 Å². The highest BCUT2D eigenvalue weighted by molar-refractivity contribution is 7.46. The van der Waals surface area contributed by atoms with E-state index in [0.717, 1.165) is 12.8 Å². The van der Waals surface area contributed by atoms with Crippen LogP contribution in [0.5, 0.6) is 0 Å². The summed E-state index contributed by atoms with van der Waals surface area (Å²) < 4.78 is 14.3. The lowest BCUT2D eigenvalue weighted by atomic mass is 10.3. The first kappa shape index (κ1) is 17.7. The highest BCUT2D eigenvalue weighted by Crippen LogP contribution is 2.35. The molecule has 0 aromatic heterocycles. The maximum atomic E-state index is 10.1. The molecule has 0 heterocycles. The molecule has 0 saturated carbocycles. The molecule has 7 heteroatoms. The third kappa shape index (κ3) is 19.0. The Kier molecular flexibility index (Phi) is 10.6. The maximum absolute atomic E-state index is 10.1. The first-order valence-corrected chi connectivity index (χ1v) is 6.39. The number of primary amides is 1. The van der Waals surface area contributed by atoms with E-state index in [1.807, 2.05) is 6.92 Å². The molecular formula is C9H20NO5P. The van der Waals surface area contributed by atoms with E-state index in [-0.39, 0.29) is 6.61 Å². The van der Waals surface area contributed by atoms with Crippen molar-refractivity contribution in [2.24, 2.45) is 5.73 Å². The summed E-state index contributed by atoms with van der Waals surface area (Å²) in [4.78, 5) is 26.2. The zero-order valence-corrected chi connectivity index (χ0v) is 10.6. The zero-order valence-electron chi connectivity index (χ0n) is 9.68. The average Bonchev–Trinajstić information content (AvgIpc) is 2.12. The molecule has 0 aromatic rings. The number of amides is 1. The normalized spacial score (nSPS) is 10.2. The minimum absolute atomic E-state index is 0.151. The van der Waals surface area contributed by atoms with Crippen molar-refractivity contribution in [3.8, 4) is 0 Å². The Morgan fingerprint density at radius 1 is 1.44 bits per heavy atom. The van der Waals surface area contributed by atoms with Crippen molar-refractivity contribution < 1.29 is 23.7 Å². The van der Waals surface area contributed by atoms with Crippen molar-refractivity contribution in [2.75, 3.05) is 6.61 Å². The van der Waals surface area contributed by atoms with E-state index in [9.17, 15) is 9.36 Å². The number of rotatable bonds is 6. The molecule has 0 saturated heterocycles. The second-order valence-electron chi connectivity index (χ2n) is 3.18. The van der Waals surface area contributed by atoms with Gasteiger partial charge in [0.1, 0.15) is 0 Å². The van der Waals surface area contributed by atoms with Gasteiger partial charge in [0.05, 0.1) is 6.61 Å². The number of nitrogens with two attached hydrogens (primary N) is 1. The van der Waals surface area contributed by atoms with E-state index in [4.69, 9.17) is 15.5 Å². The molecule has 0 unspecified atom stereocenters. The van der Waals surface area contributed by atoms with E-state index in [1.54, 1.807) is 6.92 Å². The predicted molar refractivity (Wildman–Crippen MR) is 61.5 cm³/mol. The number of carbonyl (C=O) groups excluding carboxylic acids is 1. The Bertz CT molecular complexity index is 249. The fourth-order valence-corrected chi connectivity index (χ4v) is 0.902. The molecular weight excluding hydrogens is 233 g/mol. The molecule has 0 aliphatic heterocycles. The van der Waals surface area contributed by atoms with Gasteiger partial charge in [0, 0.05) is 5.57 Å². The van der Waals surface area contributed by atoms with Crippen LogP contribution in [0, 0.1) is 0 Å². The maximum Gasteiger partial charge on any atom is 0.469 e. The fraction of sp³-hybridized carbons (Fsp3) is 0.667. The molecule has 0 aliphatic carbocycles. The molecule has 6 nitrogen and oxygen atoms in total. The lowest BCUT2D eigenvalue weighted by Gasteiger charge is -2.02. The van der Waals surface area contributed by atoms with Crippen LogP contribution in [0.3, 0.4) is 0 Å². The van der Waals surface area contributed by atoms with Crippen LogP contribution >= 0.6 is 7.82 Å². The highest BCUT2D eigenvalue weighted by Gasteiger charge is 2.11. The molecule has 16 heavy (non-hydrogen) atoms. The molecule has 0 spiro atoms. The monoisotopic (exact) mass is 253 g/mol. The average molecular weight is 253 g/mol. The van der Waals surface area contributed by atoms with Crippen LogP contribution < -0.4 is 5.73 Å². The van der Waals surface area contributed by atoms with Crippen LogP contribution in [-0.4, -0.2) is 22.3 Å². The number of phosphoric acid groups is 1. The minimum atomic E-state index is -4.21. The van der Waals surface area contributed by atoms with Crippen molar-refractivity contribution in [3.63, 3.8) is 0 Å². The molecule has 0 rings (SSSR count). The number of hydrogen-bond acceptors (Lipinski definition) is 3. The van der Waals surface area contributed by atoms with Crippen LogP contribution in [0.2, 0.25) is 0 Å². The Hall–Kier alpha value is -0.680. The van der Waals surface area contributed by atoms with Crippen LogP contribution in [0.15, 0.2) is 12.2 Å². The summed E-state index contributed by atoms with van der Waals surface area (Å²) in [5, 5.41) is 0. The minimum Gasteiger partial charge on any atom is -0.366 e. The van der Waals surface area contributed by atoms with Crippen molar-refractivity contribution in [1.82, 2.24) is 0 Å². The Balaban J connectivity index is 0.